The Morgan fingerprint density at radius 2 is 1.86 bits per heavy atom. The van der Waals surface area contributed by atoms with Crippen LogP contribution >= 0.6 is 0 Å². The maximum absolute atomic E-state index is 13.0. The molecule has 1 amide bonds. The van der Waals surface area contributed by atoms with Gasteiger partial charge in [-0.2, -0.15) is 4.98 Å². The number of methoxy groups -OCH3 is 1. The molecule has 9 nitrogen and oxygen atoms in total. The molecule has 0 aliphatic rings. The largest absolute Gasteiger partial charge is 0.479 e. The highest BCUT2D eigenvalue weighted by Crippen LogP contribution is 2.28. The molecule has 9 heteroatoms. The molecule has 4 rings (SSSR count). The van der Waals surface area contributed by atoms with E-state index in [2.05, 4.69) is 25.7 Å². The molecule has 0 aliphatic heterocycles. The van der Waals surface area contributed by atoms with Crippen LogP contribution in [0.5, 0.6) is 5.88 Å². The number of carbonyl (C=O) groups is 1. The summed E-state index contributed by atoms with van der Waals surface area (Å²) in [6.45, 7) is 1.69. The van der Waals surface area contributed by atoms with Gasteiger partial charge in [0.05, 0.1) is 7.11 Å². The Balaban J connectivity index is 1.65. The molecule has 0 saturated heterocycles. The second-order valence-electron chi connectivity index (χ2n) is 5.88. The number of aryl methyl sites for hydroxylation is 1. The average molecular weight is 376 g/mol. The Morgan fingerprint density at radius 3 is 2.57 bits per heavy atom. The second kappa shape index (κ2) is 7.31. The van der Waals surface area contributed by atoms with E-state index < -0.39 is 0 Å². The Kier molecular flexibility index (Phi) is 4.55. The third-order valence-corrected chi connectivity index (χ3v) is 4.11. The maximum atomic E-state index is 13.0. The van der Waals surface area contributed by atoms with Gasteiger partial charge in [0, 0.05) is 5.56 Å². The summed E-state index contributed by atoms with van der Waals surface area (Å²) in [6, 6.07) is 12.8. The van der Waals surface area contributed by atoms with Gasteiger partial charge in [0.15, 0.2) is 0 Å². The van der Waals surface area contributed by atoms with Crippen LogP contribution < -0.4 is 10.1 Å². The normalized spacial score (nSPS) is 10.6. The third kappa shape index (κ3) is 3.20. The Morgan fingerprint density at radius 1 is 1.11 bits per heavy atom. The van der Waals surface area contributed by atoms with Crippen LogP contribution in [-0.2, 0) is 0 Å². The lowest BCUT2D eigenvalue weighted by Gasteiger charge is -2.11. The smallest absolute Gasteiger partial charge is 0.261 e. The molecule has 140 valence electrons. The first kappa shape index (κ1) is 17.4. The van der Waals surface area contributed by atoms with Gasteiger partial charge in [-0.3, -0.25) is 9.36 Å². The van der Waals surface area contributed by atoms with Gasteiger partial charge in [-0.1, -0.05) is 35.5 Å². The summed E-state index contributed by atoms with van der Waals surface area (Å²) in [6.07, 6.45) is 3.04. The number of amides is 1. The topological polar surface area (TPSA) is 108 Å². The number of ether oxygens (including phenoxy) is 1. The van der Waals surface area contributed by atoms with Gasteiger partial charge < -0.3 is 14.6 Å². The number of nitrogens with zero attached hydrogens (tertiary/aromatic N) is 5. The zero-order valence-corrected chi connectivity index (χ0v) is 15.2. The highest BCUT2D eigenvalue weighted by molar-refractivity contribution is 6.09. The highest BCUT2D eigenvalue weighted by Gasteiger charge is 2.23. The molecule has 0 radical (unpaired) electrons. The predicted molar refractivity (Wildman–Crippen MR) is 100 cm³/mol. The first-order valence-corrected chi connectivity index (χ1v) is 8.40. The van der Waals surface area contributed by atoms with Crippen molar-refractivity contribution in [2.45, 2.75) is 6.92 Å². The second-order valence-corrected chi connectivity index (χ2v) is 5.88. The zero-order chi connectivity index (χ0) is 19.5. The van der Waals surface area contributed by atoms with E-state index >= 15 is 0 Å². The molecule has 0 bridgehead atoms. The minimum absolute atomic E-state index is 0.259. The highest BCUT2D eigenvalue weighted by atomic mass is 16.5. The van der Waals surface area contributed by atoms with Gasteiger partial charge >= 0.3 is 0 Å². The lowest BCUT2D eigenvalue weighted by Crippen LogP contribution is -2.15. The average Bonchev–Trinajstić information content (AvgIpc) is 3.39. The van der Waals surface area contributed by atoms with Crippen LogP contribution in [-0.4, -0.2) is 37.9 Å². The number of benzene rings is 1. The van der Waals surface area contributed by atoms with E-state index in [0.29, 0.717) is 28.5 Å². The number of carbonyl (C=O) groups excluding carboxylic acids is 1. The van der Waals surface area contributed by atoms with Gasteiger partial charge in [-0.25, -0.2) is 0 Å². The number of nitrogens with one attached hydrogen (secondary N) is 1. The number of rotatable bonds is 5. The Bertz CT molecular complexity index is 1110. The van der Waals surface area contributed by atoms with Crippen molar-refractivity contribution in [3.8, 4) is 23.0 Å². The van der Waals surface area contributed by atoms with Crippen molar-refractivity contribution in [3.63, 3.8) is 0 Å². The predicted octanol–water partition coefficient (Wildman–Crippen LogP) is 2.89. The lowest BCUT2D eigenvalue weighted by atomic mass is 10.1. The molecular weight excluding hydrogens is 360 g/mol. The lowest BCUT2D eigenvalue weighted by molar-refractivity contribution is 0.102. The van der Waals surface area contributed by atoms with Crippen molar-refractivity contribution in [2.75, 3.05) is 12.4 Å². The van der Waals surface area contributed by atoms with Gasteiger partial charge in [0.2, 0.25) is 5.88 Å². The van der Waals surface area contributed by atoms with Crippen molar-refractivity contribution >= 4 is 11.6 Å². The quantitative estimate of drug-likeness (QED) is 0.570. The molecule has 28 heavy (non-hydrogen) atoms. The van der Waals surface area contributed by atoms with E-state index in [9.17, 15) is 4.79 Å². The number of hydrogen-bond donors (Lipinski definition) is 1. The molecule has 1 aromatic carbocycles. The molecule has 0 aliphatic carbocycles. The standard InChI is InChI=1S/C19H16N6O3/c1-12-16(17(24-28-12)13-6-4-3-5-7-13)18(26)22-14-8-9-15(23-19(14)27-2)25-10-20-21-11-25/h3-11H,1-2H3,(H,22,26). The summed E-state index contributed by atoms with van der Waals surface area (Å²) < 4.78 is 12.2. The molecule has 0 atom stereocenters. The van der Waals surface area contributed by atoms with E-state index in [1.807, 2.05) is 30.3 Å². The van der Waals surface area contributed by atoms with Crippen molar-refractivity contribution in [2.24, 2.45) is 0 Å². The molecular formula is C19H16N6O3. The Hall–Kier alpha value is -4.01. The molecule has 3 aromatic heterocycles. The first-order chi connectivity index (χ1) is 13.7. The molecule has 3 heterocycles. The summed E-state index contributed by atoms with van der Waals surface area (Å²) in [7, 11) is 1.48. The fraction of sp³-hybridized carbons (Fsp3) is 0.105. The molecule has 0 unspecified atom stereocenters. The molecule has 4 aromatic rings. The van der Waals surface area contributed by atoms with E-state index in [0.717, 1.165) is 5.56 Å². The van der Waals surface area contributed by atoms with Crippen molar-refractivity contribution in [1.29, 1.82) is 0 Å². The van der Waals surface area contributed by atoms with Gasteiger partial charge in [0.25, 0.3) is 5.91 Å². The van der Waals surface area contributed by atoms with Crippen molar-refractivity contribution in [3.05, 3.63) is 66.4 Å². The SMILES string of the molecule is COc1nc(-n2cnnc2)ccc1NC(=O)c1c(-c2ccccc2)noc1C. The van der Waals surface area contributed by atoms with Gasteiger partial charge in [0.1, 0.15) is 41.2 Å². The van der Waals surface area contributed by atoms with Crippen LogP contribution in [0.1, 0.15) is 16.1 Å². The number of aromatic nitrogens is 5. The summed E-state index contributed by atoms with van der Waals surface area (Å²) in [4.78, 5) is 17.3. The molecule has 0 fully saturated rings. The zero-order valence-electron chi connectivity index (χ0n) is 15.2. The summed E-state index contributed by atoms with van der Waals surface area (Å²) in [5, 5.41) is 14.4. The molecule has 1 N–H and O–H groups in total. The number of anilines is 1. The minimum Gasteiger partial charge on any atom is -0.479 e. The van der Waals surface area contributed by atoms with Crippen LogP contribution in [0.25, 0.3) is 17.1 Å². The third-order valence-electron chi connectivity index (χ3n) is 4.11. The summed E-state index contributed by atoms with van der Waals surface area (Å²) in [5.41, 5.74) is 2.04. The number of pyridine rings is 1. The molecule has 0 saturated carbocycles. The fourth-order valence-corrected chi connectivity index (χ4v) is 2.76. The van der Waals surface area contributed by atoms with E-state index in [1.54, 1.807) is 23.6 Å². The van der Waals surface area contributed by atoms with Gasteiger partial charge in [-0.05, 0) is 19.1 Å². The fourth-order valence-electron chi connectivity index (χ4n) is 2.76. The molecule has 0 spiro atoms. The van der Waals surface area contributed by atoms with Gasteiger partial charge in [-0.15, -0.1) is 10.2 Å². The van der Waals surface area contributed by atoms with Crippen LogP contribution in [0.3, 0.4) is 0 Å². The minimum atomic E-state index is -0.366. The first-order valence-electron chi connectivity index (χ1n) is 8.40. The summed E-state index contributed by atoms with van der Waals surface area (Å²) >= 11 is 0. The van der Waals surface area contributed by atoms with Crippen LogP contribution in [0, 0.1) is 6.92 Å². The number of hydrogen-bond acceptors (Lipinski definition) is 7. The van der Waals surface area contributed by atoms with E-state index in [-0.39, 0.29) is 11.8 Å². The van der Waals surface area contributed by atoms with Crippen molar-refractivity contribution in [1.82, 2.24) is 24.9 Å². The summed E-state index contributed by atoms with van der Waals surface area (Å²) in [5.74, 6) is 0.875. The van der Waals surface area contributed by atoms with Crippen molar-refractivity contribution < 1.29 is 14.1 Å². The van der Waals surface area contributed by atoms with Crippen LogP contribution in [0.4, 0.5) is 5.69 Å². The maximum Gasteiger partial charge on any atom is 0.261 e. The van der Waals surface area contributed by atoms with E-state index in [1.165, 1.54) is 19.8 Å². The Labute approximate surface area is 160 Å². The van der Waals surface area contributed by atoms with Crippen LogP contribution in [0.15, 0.2) is 59.6 Å². The van der Waals surface area contributed by atoms with Crippen LogP contribution in [0.2, 0.25) is 0 Å². The van der Waals surface area contributed by atoms with E-state index in [4.69, 9.17) is 9.26 Å². The monoisotopic (exact) mass is 376 g/mol.